The number of hydrogen-bond acceptors (Lipinski definition) is 11. The fourth-order valence-corrected chi connectivity index (χ4v) is 9.33. The molecule has 2 aromatic carbocycles. The number of piperidine rings is 1. The Morgan fingerprint density at radius 2 is 1.72 bits per heavy atom. The van der Waals surface area contributed by atoms with Gasteiger partial charge in [0.25, 0.3) is 0 Å². The van der Waals surface area contributed by atoms with Gasteiger partial charge in [-0.3, -0.25) is 4.90 Å². The minimum atomic E-state index is -2.78. The number of anilines is 5. The molecule has 47 heavy (non-hydrogen) atoms. The van der Waals surface area contributed by atoms with Gasteiger partial charge in [0.2, 0.25) is 5.95 Å². The van der Waals surface area contributed by atoms with Gasteiger partial charge in [0.1, 0.15) is 31.1 Å². The molecular formula is C34H45ClN7O4P. The van der Waals surface area contributed by atoms with Crippen LogP contribution in [0.5, 0.6) is 17.2 Å². The molecule has 0 amide bonds. The zero-order chi connectivity index (χ0) is 32.9. The van der Waals surface area contributed by atoms with Crippen molar-refractivity contribution in [2.45, 2.75) is 25.8 Å². The van der Waals surface area contributed by atoms with E-state index < -0.39 is 7.14 Å². The van der Waals surface area contributed by atoms with Crippen molar-refractivity contribution in [2.24, 2.45) is 11.8 Å². The summed E-state index contributed by atoms with van der Waals surface area (Å²) < 4.78 is 30.9. The van der Waals surface area contributed by atoms with Crippen molar-refractivity contribution in [3.63, 3.8) is 0 Å². The van der Waals surface area contributed by atoms with Crippen LogP contribution in [0, 0.1) is 18.8 Å². The molecule has 0 saturated carbocycles. The third-order valence-electron chi connectivity index (χ3n) is 10.0. The molecule has 4 aliphatic rings. The van der Waals surface area contributed by atoms with Crippen LogP contribution in [0.3, 0.4) is 0 Å². The van der Waals surface area contributed by atoms with Crippen LogP contribution in [-0.2, 0) is 4.57 Å². The van der Waals surface area contributed by atoms with Crippen molar-refractivity contribution in [3.05, 3.63) is 41.0 Å². The molecule has 11 nitrogen and oxygen atoms in total. The number of rotatable bonds is 8. The van der Waals surface area contributed by atoms with E-state index in [1.807, 2.05) is 6.07 Å². The van der Waals surface area contributed by atoms with E-state index in [1.54, 1.807) is 26.5 Å². The standard InChI is InChI=1S/C34H45ClN7O4P/c1-21-14-27(30(44-3)15-28(21)41-10-8-24(9-11-41)42-19-22-17-40(2)18-23(22)20-42)38-34-36-16-25(35)33(39-34)37-26-6-7-29-31(46-13-12-45-29)32(26)47(4,5)43/h6-7,14-16,22-24H,8-13,17-20H2,1-5H3,(H2,36,37,38,39)/t22-,23?/m1/s1. The summed E-state index contributed by atoms with van der Waals surface area (Å²) in [4.78, 5) is 16.9. The third-order valence-corrected chi connectivity index (χ3v) is 11.8. The first-order valence-electron chi connectivity index (χ1n) is 16.5. The van der Waals surface area contributed by atoms with Crippen LogP contribution in [-0.4, -0.2) is 106 Å². The van der Waals surface area contributed by atoms with Gasteiger partial charge in [-0.25, -0.2) is 4.98 Å². The summed E-state index contributed by atoms with van der Waals surface area (Å²) in [6.45, 7) is 13.5. The van der Waals surface area contributed by atoms with Gasteiger partial charge < -0.3 is 39.2 Å². The Bertz CT molecular complexity index is 1680. The number of aromatic nitrogens is 2. The minimum Gasteiger partial charge on any atom is -0.494 e. The number of fused-ring (bicyclic) bond motifs is 2. The van der Waals surface area contributed by atoms with Crippen molar-refractivity contribution in [1.82, 2.24) is 19.8 Å². The van der Waals surface area contributed by atoms with Crippen LogP contribution in [0.4, 0.5) is 28.8 Å². The number of aryl methyl sites for hydroxylation is 1. The van der Waals surface area contributed by atoms with Gasteiger partial charge in [-0.15, -0.1) is 0 Å². The van der Waals surface area contributed by atoms with Crippen LogP contribution >= 0.6 is 18.7 Å². The van der Waals surface area contributed by atoms with Crippen LogP contribution in [0.1, 0.15) is 18.4 Å². The van der Waals surface area contributed by atoms with Crippen LogP contribution in [0.15, 0.2) is 30.5 Å². The van der Waals surface area contributed by atoms with Crippen molar-refractivity contribution < 1.29 is 18.8 Å². The van der Waals surface area contributed by atoms with Crippen LogP contribution < -0.4 is 35.0 Å². The Hall–Kier alpha value is -3.24. The van der Waals surface area contributed by atoms with E-state index in [1.165, 1.54) is 50.9 Å². The van der Waals surface area contributed by atoms with Gasteiger partial charge in [-0.2, -0.15) is 4.98 Å². The summed E-state index contributed by atoms with van der Waals surface area (Å²) in [6.07, 6.45) is 3.90. The highest BCUT2D eigenvalue weighted by Gasteiger charge is 2.41. The van der Waals surface area contributed by atoms with E-state index in [-0.39, 0.29) is 0 Å². The first-order valence-corrected chi connectivity index (χ1v) is 19.5. The Balaban J connectivity index is 1.06. The third kappa shape index (κ3) is 6.60. The molecule has 2 atom stereocenters. The fraction of sp³-hybridized carbons (Fsp3) is 0.529. The Morgan fingerprint density at radius 1 is 1.00 bits per heavy atom. The Kier molecular flexibility index (Phi) is 8.93. The molecule has 3 fully saturated rings. The number of methoxy groups -OCH3 is 1. The summed E-state index contributed by atoms with van der Waals surface area (Å²) in [5, 5.41) is 7.50. The molecule has 3 aromatic rings. The largest absolute Gasteiger partial charge is 0.494 e. The van der Waals surface area contributed by atoms with Gasteiger partial charge in [-0.05, 0) is 75.7 Å². The number of nitrogens with one attached hydrogen (secondary N) is 2. The van der Waals surface area contributed by atoms with Crippen molar-refractivity contribution in [1.29, 1.82) is 0 Å². The van der Waals surface area contributed by atoms with Crippen LogP contribution in [0.2, 0.25) is 5.02 Å². The molecule has 0 bridgehead atoms. The fourth-order valence-electron chi connectivity index (χ4n) is 7.82. The van der Waals surface area contributed by atoms with E-state index in [2.05, 4.69) is 61.4 Å². The molecule has 0 spiro atoms. The number of likely N-dealkylation sites (tertiary alicyclic amines) is 2. The lowest BCUT2D eigenvalue weighted by atomic mass is 10.0. The van der Waals surface area contributed by atoms with Gasteiger partial charge in [0, 0.05) is 57.1 Å². The van der Waals surface area contributed by atoms with Crippen molar-refractivity contribution >= 4 is 52.9 Å². The van der Waals surface area contributed by atoms with E-state index in [0.717, 1.165) is 36.2 Å². The number of nitrogens with zero attached hydrogens (tertiary/aromatic N) is 5. The maximum Gasteiger partial charge on any atom is 0.229 e. The lowest BCUT2D eigenvalue weighted by molar-refractivity contribution is 0.173. The number of ether oxygens (including phenoxy) is 3. The highest BCUT2D eigenvalue weighted by Crippen LogP contribution is 2.47. The Labute approximate surface area is 282 Å². The van der Waals surface area contributed by atoms with Crippen LogP contribution in [0.25, 0.3) is 0 Å². The molecule has 0 aliphatic carbocycles. The highest BCUT2D eigenvalue weighted by atomic mass is 35.5. The maximum atomic E-state index is 13.4. The van der Waals surface area contributed by atoms with Crippen molar-refractivity contribution in [3.8, 4) is 17.2 Å². The van der Waals surface area contributed by atoms with Gasteiger partial charge in [0.15, 0.2) is 17.3 Å². The molecule has 2 N–H and O–H groups in total. The second-order valence-corrected chi connectivity index (χ2v) is 17.3. The molecule has 1 unspecified atom stereocenters. The van der Waals surface area contributed by atoms with Gasteiger partial charge in [-0.1, -0.05) is 11.6 Å². The lowest BCUT2D eigenvalue weighted by Crippen LogP contribution is -2.45. The van der Waals surface area contributed by atoms with E-state index in [9.17, 15) is 4.57 Å². The summed E-state index contributed by atoms with van der Waals surface area (Å²) in [6, 6.07) is 8.50. The predicted octanol–water partition coefficient (Wildman–Crippen LogP) is 5.42. The number of hydrogen-bond donors (Lipinski definition) is 2. The molecule has 3 saturated heterocycles. The quantitative estimate of drug-likeness (QED) is 0.298. The summed E-state index contributed by atoms with van der Waals surface area (Å²) >= 11 is 6.56. The van der Waals surface area contributed by atoms with Gasteiger partial charge in [0.05, 0.1) is 30.0 Å². The van der Waals surface area contributed by atoms with E-state index in [4.69, 9.17) is 25.8 Å². The zero-order valence-electron chi connectivity index (χ0n) is 27.9. The first-order chi connectivity index (χ1) is 22.6. The molecule has 7 rings (SSSR count). The maximum absolute atomic E-state index is 13.4. The second kappa shape index (κ2) is 13.0. The smallest absolute Gasteiger partial charge is 0.229 e. The Morgan fingerprint density at radius 3 is 2.43 bits per heavy atom. The SMILES string of the molecule is COc1cc(N2CCC(N3CC4CN(C)C[C@@H]4C3)CC2)c(C)cc1Nc1ncc(Cl)c(Nc2ccc3c(c2P(C)(C)=O)OCCO3)n1. The molecule has 5 heterocycles. The molecule has 4 aliphatic heterocycles. The topological polar surface area (TPSA) is 104 Å². The highest BCUT2D eigenvalue weighted by molar-refractivity contribution is 7.70. The minimum absolute atomic E-state index is 0.324. The number of halogens is 1. The van der Waals surface area contributed by atoms with E-state index >= 15 is 0 Å². The summed E-state index contributed by atoms with van der Waals surface area (Å²) in [7, 11) is 1.16. The number of benzene rings is 2. The molecular weight excluding hydrogens is 637 g/mol. The second-order valence-electron chi connectivity index (χ2n) is 13.7. The summed E-state index contributed by atoms with van der Waals surface area (Å²) in [5.41, 5.74) is 3.70. The zero-order valence-corrected chi connectivity index (χ0v) is 29.5. The summed E-state index contributed by atoms with van der Waals surface area (Å²) in [5.74, 6) is 4.20. The molecule has 0 radical (unpaired) electrons. The average molecular weight is 682 g/mol. The molecule has 13 heteroatoms. The lowest BCUT2D eigenvalue weighted by Gasteiger charge is -2.39. The molecule has 1 aromatic heterocycles. The molecule has 252 valence electrons. The normalized spacial score (nSPS) is 22.0. The van der Waals surface area contributed by atoms with E-state index in [0.29, 0.717) is 64.3 Å². The van der Waals surface area contributed by atoms with Crippen molar-refractivity contribution in [2.75, 3.05) is 95.5 Å². The first kappa shape index (κ1) is 32.3. The predicted molar refractivity (Wildman–Crippen MR) is 189 cm³/mol. The average Bonchev–Trinajstić information content (AvgIpc) is 3.60. The van der Waals surface area contributed by atoms with Gasteiger partial charge >= 0.3 is 0 Å². The monoisotopic (exact) mass is 681 g/mol.